The summed E-state index contributed by atoms with van der Waals surface area (Å²) in [7, 11) is 0. The second-order valence-corrected chi connectivity index (χ2v) is 6.16. The van der Waals surface area contributed by atoms with E-state index < -0.39 is 12.5 Å². The molecule has 7 heteroatoms. The number of amides is 1. The predicted molar refractivity (Wildman–Crippen MR) is 97.0 cm³/mol. The van der Waals surface area contributed by atoms with Gasteiger partial charge in [0.25, 0.3) is 5.91 Å². The summed E-state index contributed by atoms with van der Waals surface area (Å²) in [5, 5.41) is 2.86. The molecule has 0 radical (unpaired) electrons. The Hall–Kier alpha value is -2.51. The Morgan fingerprint density at radius 1 is 1.07 bits per heavy atom. The number of carbonyl (C=O) groups excluding carboxylic acids is 1. The maximum absolute atomic E-state index is 12.6. The van der Waals surface area contributed by atoms with Crippen molar-refractivity contribution in [2.45, 2.75) is 12.7 Å². The molecule has 5 nitrogen and oxygen atoms in total. The van der Waals surface area contributed by atoms with E-state index in [0.29, 0.717) is 19.8 Å². The molecule has 1 aliphatic heterocycles. The number of alkyl halides is 2. The molecule has 1 N–H and O–H groups in total. The molecule has 1 atom stereocenters. The molecule has 1 heterocycles. The van der Waals surface area contributed by atoms with Gasteiger partial charge in [0.05, 0.1) is 24.8 Å². The van der Waals surface area contributed by atoms with Gasteiger partial charge in [-0.25, -0.2) is 0 Å². The minimum absolute atomic E-state index is 0.0257. The number of carbonyl (C=O) groups is 1. The number of benzene rings is 2. The molecule has 1 aliphatic rings. The number of hydrogen-bond donors (Lipinski definition) is 1. The Bertz CT molecular complexity index is 737. The van der Waals surface area contributed by atoms with Crippen LogP contribution in [0.15, 0.2) is 54.6 Å². The van der Waals surface area contributed by atoms with Gasteiger partial charge in [-0.1, -0.05) is 42.5 Å². The highest BCUT2D eigenvalue weighted by atomic mass is 19.3. The van der Waals surface area contributed by atoms with Crippen LogP contribution in [0, 0.1) is 0 Å². The largest absolute Gasteiger partial charge is 0.434 e. The van der Waals surface area contributed by atoms with Gasteiger partial charge < -0.3 is 14.8 Å². The van der Waals surface area contributed by atoms with E-state index in [9.17, 15) is 13.6 Å². The third-order valence-corrected chi connectivity index (χ3v) is 4.47. The standard InChI is InChI=1S/C20H22F2N2O3/c21-20(22)27-18-9-5-4-8-16(18)19(25)23-14-17(15-6-2-1-3-7-15)24-10-12-26-13-11-24/h1-9,17,20H,10-14H2,(H,23,25)/t17-/m1/s1. The molecule has 2 aromatic carbocycles. The third-order valence-electron chi connectivity index (χ3n) is 4.47. The first kappa shape index (κ1) is 19.3. The summed E-state index contributed by atoms with van der Waals surface area (Å²) in [4.78, 5) is 14.8. The number of hydrogen-bond acceptors (Lipinski definition) is 4. The molecule has 144 valence electrons. The number of nitrogens with zero attached hydrogens (tertiary/aromatic N) is 1. The van der Waals surface area contributed by atoms with E-state index in [1.165, 1.54) is 12.1 Å². The van der Waals surface area contributed by atoms with Gasteiger partial charge in [0.15, 0.2) is 0 Å². The first-order chi connectivity index (χ1) is 13.1. The van der Waals surface area contributed by atoms with Crippen LogP contribution in [0.3, 0.4) is 0 Å². The number of halogens is 2. The van der Waals surface area contributed by atoms with Crippen LogP contribution in [-0.4, -0.2) is 50.3 Å². The predicted octanol–water partition coefficient (Wildman–Crippen LogP) is 3.09. The van der Waals surface area contributed by atoms with E-state index in [2.05, 4.69) is 15.0 Å². The van der Waals surface area contributed by atoms with Gasteiger partial charge >= 0.3 is 6.61 Å². The molecule has 0 unspecified atom stereocenters. The van der Waals surface area contributed by atoms with Crippen molar-refractivity contribution in [1.29, 1.82) is 0 Å². The number of ether oxygens (including phenoxy) is 2. The Morgan fingerprint density at radius 3 is 2.44 bits per heavy atom. The molecule has 1 amide bonds. The van der Waals surface area contributed by atoms with Crippen LogP contribution < -0.4 is 10.1 Å². The van der Waals surface area contributed by atoms with Crippen LogP contribution in [0.5, 0.6) is 5.75 Å². The van der Waals surface area contributed by atoms with Crippen molar-refractivity contribution in [3.05, 3.63) is 65.7 Å². The Balaban J connectivity index is 1.72. The quantitative estimate of drug-likeness (QED) is 0.807. The van der Waals surface area contributed by atoms with Crippen molar-refractivity contribution in [3.63, 3.8) is 0 Å². The van der Waals surface area contributed by atoms with Gasteiger partial charge in [-0.2, -0.15) is 8.78 Å². The van der Waals surface area contributed by atoms with E-state index >= 15 is 0 Å². The van der Waals surface area contributed by atoms with Gasteiger partial charge in [-0.15, -0.1) is 0 Å². The van der Waals surface area contributed by atoms with E-state index in [0.717, 1.165) is 18.7 Å². The summed E-state index contributed by atoms with van der Waals surface area (Å²) in [6.07, 6.45) is 0. The zero-order valence-electron chi connectivity index (χ0n) is 14.8. The molecule has 0 spiro atoms. The molecule has 1 fully saturated rings. The van der Waals surface area contributed by atoms with Crippen LogP contribution in [0.2, 0.25) is 0 Å². The second kappa shape index (κ2) is 9.43. The molecule has 1 saturated heterocycles. The number of para-hydroxylation sites is 1. The summed E-state index contributed by atoms with van der Waals surface area (Å²) >= 11 is 0. The summed E-state index contributed by atoms with van der Waals surface area (Å²) in [6, 6.07) is 15.8. The monoisotopic (exact) mass is 376 g/mol. The molecular weight excluding hydrogens is 354 g/mol. The minimum atomic E-state index is -2.98. The molecular formula is C20H22F2N2O3. The smallest absolute Gasteiger partial charge is 0.387 e. The lowest BCUT2D eigenvalue weighted by Crippen LogP contribution is -2.43. The normalized spacial score (nSPS) is 16.1. The average Bonchev–Trinajstić information content (AvgIpc) is 2.69. The van der Waals surface area contributed by atoms with Gasteiger partial charge in [-0.3, -0.25) is 9.69 Å². The summed E-state index contributed by atoms with van der Waals surface area (Å²) in [5.41, 5.74) is 1.17. The Kier molecular flexibility index (Phi) is 6.73. The minimum Gasteiger partial charge on any atom is -0.434 e. The highest BCUT2D eigenvalue weighted by Gasteiger charge is 2.24. The third kappa shape index (κ3) is 5.24. The summed E-state index contributed by atoms with van der Waals surface area (Å²) < 4.78 is 35.0. The van der Waals surface area contributed by atoms with Crippen LogP contribution in [0.25, 0.3) is 0 Å². The molecule has 0 saturated carbocycles. The average molecular weight is 376 g/mol. The lowest BCUT2D eigenvalue weighted by atomic mass is 10.0. The van der Waals surface area contributed by atoms with Crippen LogP contribution >= 0.6 is 0 Å². The lowest BCUT2D eigenvalue weighted by Gasteiger charge is -2.35. The van der Waals surface area contributed by atoms with Crippen molar-refractivity contribution < 1.29 is 23.0 Å². The van der Waals surface area contributed by atoms with Gasteiger partial charge in [0.2, 0.25) is 0 Å². The molecule has 3 rings (SSSR count). The first-order valence-corrected chi connectivity index (χ1v) is 8.84. The number of rotatable bonds is 7. The van der Waals surface area contributed by atoms with Crippen LogP contribution in [0.1, 0.15) is 22.0 Å². The van der Waals surface area contributed by atoms with Crippen molar-refractivity contribution in [1.82, 2.24) is 10.2 Å². The van der Waals surface area contributed by atoms with Crippen molar-refractivity contribution >= 4 is 5.91 Å². The summed E-state index contributed by atoms with van der Waals surface area (Å²) in [5.74, 6) is -0.576. The van der Waals surface area contributed by atoms with Crippen LogP contribution in [-0.2, 0) is 4.74 Å². The van der Waals surface area contributed by atoms with Gasteiger partial charge in [0.1, 0.15) is 5.75 Å². The molecule has 27 heavy (non-hydrogen) atoms. The second-order valence-electron chi connectivity index (χ2n) is 6.16. The van der Waals surface area contributed by atoms with Gasteiger partial charge in [0, 0.05) is 19.6 Å². The lowest BCUT2D eigenvalue weighted by molar-refractivity contribution is -0.0501. The number of morpholine rings is 1. The SMILES string of the molecule is O=C(NC[C@H](c1ccccc1)N1CCOCC1)c1ccccc1OC(F)F. The van der Waals surface area contributed by atoms with Gasteiger partial charge in [-0.05, 0) is 17.7 Å². The van der Waals surface area contributed by atoms with E-state index in [1.807, 2.05) is 30.3 Å². The zero-order chi connectivity index (χ0) is 19.1. The zero-order valence-corrected chi connectivity index (χ0v) is 14.8. The highest BCUT2D eigenvalue weighted by Crippen LogP contribution is 2.23. The molecule has 2 aromatic rings. The van der Waals surface area contributed by atoms with E-state index in [4.69, 9.17) is 4.74 Å². The van der Waals surface area contributed by atoms with Crippen molar-refractivity contribution in [2.75, 3.05) is 32.8 Å². The van der Waals surface area contributed by atoms with E-state index in [-0.39, 0.29) is 17.4 Å². The topological polar surface area (TPSA) is 50.8 Å². The first-order valence-electron chi connectivity index (χ1n) is 8.84. The molecule has 0 aromatic heterocycles. The van der Waals surface area contributed by atoms with Crippen molar-refractivity contribution in [3.8, 4) is 5.75 Å². The number of nitrogens with one attached hydrogen (secondary N) is 1. The fourth-order valence-electron chi connectivity index (χ4n) is 3.16. The fourth-order valence-corrected chi connectivity index (χ4v) is 3.16. The Labute approximate surface area is 156 Å². The van der Waals surface area contributed by atoms with E-state index in [1.54, 1.807) is 12.1 Å². The maximum Gasteiger partial charge on any atom is 0.387 e. The molecule has 0 bridgehead atoms. The highest BCUT2D eigenvalue weighted by molar-refractivity contribution is 5.96. The fraction of sp³-hybridized carbons (Fsp3) is 0.350. The Morgan fingerprint density at radius 2 is 1.74 bits per heavy atom. The molecule has 0 aliphatic carbocycles. The van der Waals surface area contributed by atoms with Crippen molar-refractivity contribution in [2.24, 2.45) is 0 Å². The van der Waals surface area contributed by atoms with Crippen LogP contribution in [0.4, 0.5) is 8.78 Å². The summed E-state index contributed by atoms with van der Waals surface area (Å²) in [6.45, 7) is 0.182. The maximum atomic E-state index is 12.6.